The molecule has 0 saturated heterocycles. The van der Waals surface area contributed by atoms with Crippen LogP contribution >= 0.6 is 0 Å². The van der Waals surface area contributed by atoms with Crippen molar-refractivity contribution in [3.8, 4) is 12.3 Å². The van der Waals surface area contributed by atoms with Gasteiger partial charge in [0.1, 0.15) is 6.61 Å². The summed E-state index contributed by atoms with van der Waals surface area (Å²) in [6, 6.07) is 0. The molecule has 0 radical (unpaired) electrons. The summed E-state index contributed by atoms with van der Waals surface area (Å²) in [5, 5.41) is 0. The first-order chi connectivity index (χ1) is 6.90. The fourth-order valence-electron chi connectivity index (χ4n) is 1.04. The van der Waals surface area contributed by atoms with Crippen molar-refractivity contribution in [2.75, 3.05) is 19.7 Å². The molecule has 1 amide bonds. The molecule has 0 spiro atoms. The van der Waals surface area contributed by atoms with E-state index in [0.717, 1.165) is 6.42 Å². The molecule has 0 aromatic heterocycles. The highest BCUT2D eigenvalue weighted by atomic mass is 16.5. The summed E-state index contributed by atoms with van der Waals surface area (Å²) >= 11 is 0. The van der Waals surface area contributed by atoms with Gasteiger partial charge in [-0.2, -0.15) is 0 Å². The van der Waals surface area contributed by atoms with Crippen LogP contribution in [0.5, 0.6) is 0 Å². The number of rotatable bonds is 5. The molecule has 0 unspecified atom stereocenters. The molecular weight excluding hydrogens is 190 g/mol. The van der Waals surface area contributed by atoms with Crippen LogP contribution in [-0.2, 0) is 9.53 Å². The van der Waals surface area contributed by atoms with Gasteiger partial charge in [-0.3, -0.25) is 4.79 Å². The third-order valence-electron chi connectivity index (χ3n) is 1.76. The Labute approximate surface area is 92.8 Å². The number of nitrogens with zero attached hydrogens (tertiary/aromatic N) is 1. The second-order valence-corrected chi connectivity index (χ2v) is 4.42. The first-order valence-electron chi connectivity index (χ1n) is 5.26. The first-order valence-corrected chi connectivity index (χ1v) is 5.26. The largest absolute Gasteiger partial charge is 0.366 e. The maximum atomic E-state index is 11.7. The molecule has 3 nitrogen and oxygen atoms in total. The fraction of sp³-hybridized carbons (Fsp3) is 0.750. The van der Waals surface area contributed by atoms with E-state index in [0.29, 0.717) is 13.1 Å². The van der Waals surface area contributed by atoms with Crippen molar-refractivity contribution in [3.05, 3.63) is 0 Å². The normalized spacial score (nSPS) is 10.9. The standard InChI is InChI=1S/C12H21NO2/c1-6-8-13(9-7-2)11(14)10-15-12(3,4)5/h1H,7-10H2,2-5H3. The van der Waals surface area contributed by atoms with E-state index < -0.39 is 0 Å². The van der Waals surface area contributed by atoms with E-state index in [4.69, 9.17) is 11.2 Å². The lowest BCUT2D eigenvalue weighted by atomic mass is 10.2. The number of carbonyl (C=O) groups excluding carboxylic acids is 1. The molecule has 15 heavy (non-hydrogen) atoms. The summed E-state index contributed by atoms with van der Waals surface area (Å²) in [5.41, 5.74) is -0.288. The zero-order valence-corrected chi connectivity index (χ0v) is 10.2. The van der Waals surface area contributed by atoms with Gasteiger partial charge in [0, 0.05) is 6.54 Å². The van der Waals surface area contributed by atoms with Gasteiger partial charge in [-0.25, -0.2) is 0 Å². The summed E-state index contributed by atoms with van der Waals surface area (Å²) < 4.78 is 5.40. The molecule has 0 aromatic rings. The predicted molar refractivity (Wildman–Crippen MR) is 61.4 cm³/mol. The Bertz CT molecular complexity index is 235. The van der Waals surface area contributed by atoms with Crippen molar-refractivity contribution in [2.24, 2.45) is 0 Å². The lowest BCUT2D eigenvalue weighted by Crippen LogP contribution is -2.37. The number of hydrogen-bond donors (Lipinski definition) is 0. The molecule has 0 aliphatic rings. The van der Waals surface area contributed by atoms with Crippen molar-refractivity contribution in [1.29, 1.82) is 0 Å². The van der Waals surface area contributed by atoms with E-state index in [2.05, 4.69) is 5.92 Å². The van der Waals surface area contributed by atoms with Crippen LogP contribution in [0.25, 0.3) is 0 Å². The maximum absolute atomic E-state index is 11.7. The van der Waals surface area contributed by atoms with E-state index in [9.17, 15) is 4.79 Å². The molecule has 0 fully saturated rings. The van der Waals surface area contributed by atoms with Gasteiger partial charge in [0.05, 0.1) is 12.1 Å². The van der Waals surface area contributed by atoms with Crippen molar-refractivity contribution in [3.63, 3.8) is 0 Å². The zero-order valence-electron chi connectivity index (χ0n) is 10.2. The van der Waals surface area contributed by atoms with E-state index in [1.165, 1.54) is 0 Å². The van der Waals surface area contributed by atoms with E-state index in [1.807, 2.05) is 27.7 Å². The topological polar surface area (TPSA) is 29.5 Å². The smallest absolute Gasteiger partial charge is 0.249 e. The van der Waals surface area contributed by atoms with Crippen LogP contribution in [0.4, 0.5) is 0 Å². The van der Waals surface area contributed by atoms with Gasteiger partial charge in [0.15, 0.2) is 0 Å². The maximum Gasteiger partial charge on any atom is 0.249 e. The van der Waals surface area contributed by atoms with Crippen LogP contribution < -0.4 is 0 Å². The molecule has 0 saturated carbocycles. The van der Waals surface area contributed by atoms with Crippen LogP contribution in [0.2, 0.25) is 0 Å². The third kappa shape index (κ3) is 6.98. The molecule has 0 rings (SSSR count). The zero-order chi connectivity index (χ0) is 11.9. The highest BCUT2D eigenvalue weighted by Gasteiger charge is 2.16. The molecule has 0 bridgehead atoms. The average Bonchev–Trinajstić information content (AvgIpc) is 2.13. The fourth-order valence-corrected chi connectivity index (χ4v) is 1.04. The van der Waals surface area contributed by atoms with E-state index in [-0.39, 0.29) is 18.1 Å². The minimum absolute atomic E-state index is 0.0373. The van der Waals surface area contributed by atoms with Gasteiger partial charge in [0.2, 0.25) is 5.91 Å². The molecule has 0 atom stereocenters. The van der Waals surface area contributed by atoms with Gasteiger partial charge in [0.25, 0.3) is 0 Å². The summed E-state index contributed by atoms with van der Waals surface area (Å²) in [5.74, 6) is 2.44. The quantitative estimate of drug-likeness (QED) is 0.647. The molecule has 0 aliphatic carbocycles. The molecule has 0 aromatic carbocycles. The van der Waals surface area contributed by atoms with Crippen molar-refractivity contribution >= 4 is 5.91 Å². The monoisotopic (exact) mass is 211 g/mol. The molecular formula is C12H21NO2. The third-order valence-corrected chi connectivity index (χ3v) is 1.76. The Morgan fingerprint density at radius 3 is 2.47 bits per heavy atom. The Hall–Kier alpha value is -1.01. The van der Waals surface area contributed by atoms with Gasteiger partial charge >= 0.3 is 0 Å². The van der Waals surface area contributed by atoms with E-state index in [1.54, 1.807) is 4.90 Å². The summed E-state index contributed by atoms with van der Waals surface area (Å²) in [6.45, 7) is 8.94. The van der Waals surface area contributed by atoms with Gasteiger partial charge < -0.3 is 9.64 Å². The number of terminal acetylenes is 1. The molecule has 0 aliphatic heterocycles. The summed E-state index contributed by atoms with van der Waals surface area (Å²) in [4.78, 5) is 13.3. The Kier molecular flexibility index (Phi) is 6.03. The second kappa shape index (κ2) is 6.47. The number of hydrogen-bond acceptors (Lipinski definition) is 2. The van der Waals surface area contributed by atoms with Gasteiger partial charge in [-0.15, -0.1) is 6.42 Å². The SMILES string of the molecule is C#CCN(CCC)C(=O)COC(C)(C)C. The minimum Gasteiger partial charge on any atom is -0.366 e. The highest BCUT2D eigenvalue weighted by molar-refractivity contribution is 5.77. The van der Waals surface area contributed by atoms with Gasteiger partial charge in [-0.1, -0.05) is 12.8 Å². The van der Waals surface area contributed by atoms with Crippen LogP contribution in [0.1, 0.15) is 34.1 Å². The molecule has 3 heteroatoms. The number of ether oxygens (including phenoxy) is 1. The molecule has 0 heterocycles. The number of carbonyl (C=O) groups is 1. The first kappa shape index (κ1) is 14.0. The van der Waals surface area contributed by atoms with Crippen LogP contribution in [0, 0.1) is 12.3 Å². The van der Waals surface area contributed by atoms with Crippen LogP contribution in [-0.4, -0.2) is 36.1 Å². The minimum atomic E-state index is -0.288. The molecule has 0 N–H and O–H groups in total. The van der Waals surface area contributed by atoms with Crippen molar-refractivity contribution in [2.45, 2.75) is 39.7 Å². The second-order valence-electron chi connectivity index (χ2n) is 4.42. The highest BCUT2D eigenvalue weighted by Crippen LogP contribution is 2.06. The number of amides is 1. The molecule has 86 valence electrons. The summed E-state index contributed by atoms with van der Waals surface area (Å²) in [6.07, 6.45) is 6.10. The summed E-state index contributed by atoms with van der Waals surface area (Å²) in [7, 11) is 0. The van der Waals surface area contributed by atoms with Crippen molar-refractivity contribution in [1.82, 2.24) is 4.90 Å². The van der Waals surface area contributed by atoms with Crippen LogP contribution in [0.3, 0.4) is 0 Å². The Morgan fingerprint density at radius 2 is 2.07 bits per heavy atom. The van der Waals surface area contributed by atoms with Gasteiger partial charge in [-0.05, 0) is 27.2 Å². The van der Waals surface area contributed by atoms with Crippen LogP contribution in [0.15, 0.2) is 0 Å². The average molecular weight is 211 g/mol. The van der Waals surface area contributed by atoms with Crippen molar-refractivity contribution < 1.29 is 9.53 Å². The predicted octanol–water partition coefficient (Wildman–Crippen LogP) is 1.67. The Balaban J connectivity index is 4.09. The lowest BCUT2D eigenvalue weighted by Gasteiger charge is -2.23. The lowest BCUT2D eigenvalue weighted by molar-refractivity contribution is -0.140. The Morgan fingerprint density at radius 1 is 1.47 bits per heavy atom. The van der Waals surface area contributed by atoms with E-state index >= 15 is 0 Å².